The van der Waals surface area contributed by atoms with E-state index in [4.69, 9.17) is 0 Å². The van der Waals surface area contributed by atoms with Gasteiger partial charge in [-0.3, -0.25) is 9.69 Å². The van der Waals surface area contributed by atoms with Crippen LogP contribution in [0.5, 0.6) is 0 Å². The van der Waals surface area contributed by atoms with Gasteiger partial charge in [0.2, 0.25) is 0 Å². The Kier molecular flexibility index (Phi) is 5.96. The third-order valence-electron chi connectivity index (χ3n) is 4.08. The number of rotatable bonds is 7. The Morgan fingerprint density at radius 1 is 1.35 bits per heavy atom. The van der Waals surface area contributed by atoms with Gasteiger partial charge in [0.15, 0.2) is 5.78 Å². The standard InChI is InChI=1S/C16H29N3O/c1-8-19(13(3)10-17(5)6)11-16(20)15-9-12(2)18(7)14(15)4/h9,13H,8,10-11H2,1-7H3. The highest BCUT2D eigenvalue weighted by Gasteiger charge is 2.20. The average molecular weight is 279 g/mol. The number of ketones is 1. The zero-order chi connectivity index (χ0) is 15.4. The lowest BCUT2D eigenvalue weighted by molar-refractivity contribution is 0.0888. The van der Waals surface area contributed by atoms with Crippen LogP contribution < -0.4 is 0 Å². The molecule has 1 unspecified atom stereocenters. The Morgan fingerprint density at radius 3 is 2.35 bits per heavy atom. The van der Waals surface area contributed by atoms with Gasteiger partial charge >= 0.3 is 0 Å². The van der Waals surface area contributed by atoms with Crippen molar-refractivity contribution in [3.8, 4) is 0 Å². The van der Waals surface area contributed by atoms with Crippen LogP contribution in [0.1, 0.15) is 35.6 Å². The van der Waals surface area contributed by atoms with Crippen LogP contribution in [0.15, 0.2) is 6.07 Å². The molecule has 0 amide bonds. The summed E-state index contributed by atoms with van der Waals surface area (Å²) in [7, 11) is 6.14. The molecule has 20 heavy (non-hydrogen) atoms. The lowest BCUT2D eigenvalue weighted by Crippen LogP contribution is -2.42. The largest absolute Gasteiger partial charge is 0.351 e. The van der Waals surface area contributed by atoms with Crippen molar-refractivity contribution in [3.63, 3.8) is 0 Å². The average Bonchev–Trinajstić information content (AvgIpc) is 2.62. The SMILES string of the molecule is CCN(CC(=O)c1cc(C)n(C)c1C)C(C)CN(C)C. The van der Waals surface area contributed by atoms with Gasteiger partial charge in [0, 0.05) is 36.6 Å². The first kappa shape index (κ1) is 16.9. The first-order valence-corrected chi connectivity index (χ1v) is 7.32. The van der Waals surface area contributed by atoms with Crippen LogP contribution in [0.25, 0.3) is 0 Å². The lowest BCUT2D eigenvalue weighted by atomic mass is 10.1. The van der Waals surface area contributed by atoms with Gasteiger partial charge in [0.1, 0.15) is 0 Å². The summed E-state index contributed by atoms with van der Waals surface area (Å²) in [4.78, 5) is 16.9. The van der Waals surface area contributed by atoms with Crippen molar-refractivity contribution in [1.82, 2.24) is 14.4 Å². The van der Waals surface area contributed by atoms with Crippen LogP contribution in [0.4, 0.5) is 0 Å². The summed E-state index contributed by atoms with van der Waals surface area (Å²) in [5, 5.41) is 0. The second-order valence-corrected chi connectivity index (χ2v) is 5.94. The van der Waals surface area contributed by atoms with E-state index >= 15 is 0 Å². The molecule has 1 aromatic heterocycles. The molecule has 4 nitrogen and oxygen atoms in total. The van der Waals surface area contributed by atoms with E-state index in [0.29, 0.717) is 12.6 Å². The highest BCUT2D eigenvalue weighted by Crippen LogP contribution is 2.15. The van der Waals surface area contributed by atoms with E-state index in [0.717, 1.165) is 30.0 Å². The van der Waals surface area contributed by atoms with E-state index in [9.17, 15) is 4.79 Å². The Hall–Kier alpha value is -1.13. The summed E-state index contributed by atoms with van der Waals surface area (Å²) in [5.74, 6) is 0.221. The third-order valence-corrected chi connectivity index (χ3v) is 4.08. The van der Waals surface area contributed by atoms with Crippen LogP contribution in [0.2, 0.25) is 0 Å². The number of carbonyl (C=O) groups is 1. The molecular formula is C16H29N3O. The minimum atomic E-state index is 0.221. The van der Waals surface area contributed by atoms with E-state index in [1.54, 1.807) is 0 Å². The quantitative estimate of drug-likeness (QED) is 0.716. The monoisotopic (exact) mass is 279 g/mol. The van der Waals surface area contributed by atoms with Gasteiger partial charge in [0.25, 0.3) is 0 Å². The minimum Gasteiger partial charge on any atom is -0.351 e. The first-order chi connectivity index (χ1) is 9.27. The summed E-state index contributed by atoms with van der Waals surface area (Å²) < 4.78 is 2.08. The molecule has 1 heterocycles. The molecular weight excluding hydrogens is 250 g/mol. The molecule has 4 heteroatoms. The maximum absolute atomic E-state index is 12.5. The first-order valence-electron chi connectivity index (χ1n) is 7.32. The van der Waals surface area contributed by atoms with Crippen molar-refractivity contribution in [2.45, 2.75) is 33.7 Å². The lowest BCUT2D eigenvalue weighted by Gasteiger charge is -2.29. The Bertz CT molecular complexity index is 463. The van der Waals surface area contributed by atoms with Gasteiger partial charge in [0.05, 0.1) is 6.54 Å². The molecule has 0 aromatic carbocycles. The van der Waals surface area contributed by atoms with E-state index in [1.165, 1.54) is 0 Å². The molecule has 0 fully saturated rings. The van der Waals surface area contributed by atoms with Gasteiger partial charge in [-0.2, -0.15) is 0 Å². The molecule has 0 spiro atoms. The van der Waals surface area contributed by atoms with E-state index < -0.39 is 0 Å². The summed E-state index contributed by atoms with van der Waals surface area (Å²) in [6.07, 6.45) is 0. The molecule has 0 aliphatic heterocycles. The number of carbonyl (C=O) groups excluding carboxylic acids is 1. The summed E-state index contributed by atoms with van der Waals surface area (Å²) in [6, 6.07) is 2.38. The molecule has 0 aliphatic carbocycles. The molecule has 0 saturated carbocycles. The van der Waals surface area contributed by atoms with Crippen molar-refractivity contribution in [1.29, 1.82) is 0 Å². The van der Waals surface area contributed by atoms with Gasteiger partial charge in [-0.1, -0.05) is 6.92 Å². The maximum atomic E-state index is 12.5. The predicted octanol–water partition coefficient (Wildman–Crippen LogP) is 2.10. The summed E-state index contributed by atoms with van der Waals surface area (Å²) >= 11 is 0. The summed E-state index contributed by atoms with van der Waals surface area (Å²) in [5.41, 5.74) is 3.06. The van der Waals surface area contributed by atoms with Crippen molar-refractivity contribution in [2.24, 2.45) is 7.05 Å². The van der Waals surface area contributed by atoms with Crippen molar-refractivity contribution >= 4 is 5.78 Å². The molecule has 0 N–H and O–H groups in total. The van der Waals surface area contributed by atoms with E-state index in [1.807, 2.05) is 27.0 Å². The highest BCUT2D eigenvalue weighted by atomic mass is 16.1. The molecule has 0 aliphatic rings. The molecule has 0 bridgehead atoms. The fourth-order valence-electron chi connectivity index (χ4n) is 2.63. The van der Waals surface area contributed by atoms with Crippen LogP contribution in [0, 0.1) is 13.8 Å². The molecule has 1 atom stereocenters. The second-order valence-electron chi connectivity index (χ2n) is 5.94. The number of hydrogen-bond donors (Lipinski definition) is 0. The Labute approximate surface area is 123 Å². The number of nitrogens with zero attached hydrogens (tertiary/aromatic N) is 3. The van der Waals surface area contributed by atoms with Gasteiger partial charge in [-0.25, -0.2) is 0 Å². The maximum Gasteiger partial charge on any atom is 0.178 e. The number of aromatic nitrogens is 1. The normalized spacial score (nSPS) is 13.2. The summed E-state index contributed by atoms with van der Waals surface area (Å²) in [6.45, 7) is 10.7. The second kappa shape index (κ2) is 7.04. The smallest absolute Gasteiger partial charge is 0.178 e. The third kappa shape index (κ3) is 3.93. The van der Waals surface area contributed by atoms with Gasteiger partial charge < -0.3 is 9.47 Å². The molecule has 114 valence electrons. The van der Waals surface area contributed by atoms with Crippen LogP contribution >= 0.6 is 0 Å². The van der Waals surface area contributed by atoms with Crippen LogP contribution in [-0.4, -0.2) is 59.9 Å². The zero-order valence-corrected chi connectivity index (χ0v) is 14.0. The molecule has 1 rings (SSSR count). The molecule has 1 aromatic rings. The van der Waals surface area contributed by atoms with Crippen LogP contribution in [0.3, 0.4) is 0 Å². The fraction of sp³-hybridized carbons (Fsp3) is 0.688. The van der Waals surface area contributed by atoms with E-state index in [-0.39, 0.29) is 5.78 Å². The molecule has 0 radical (unpaired) electrons. The predicted molar refractivity (Wildman–Crippen MR) is 84.5 cm³/mol. The minimum absolute atomic E-state index is 0.221. The molecule has 0 saturated heterocycles. The Morgan fingerprint density at radius 2 is 1.95 bits per heavy atom. The van der Waals surface area contributed by atoms with Crippen molar-refractivity contribution < 1.29 is 4.79 Å². The topological polar surface area (TPSA) is 28.5 Å². The van der Waals surface area contributed by atoms with Crippen molar-refractivity contribution in [3.05, 3.63) is 23.0 Å². The van der Waals surface area contributed by atoms with Crippen LogP contribution in [-0.2, 0) is 7.05 Å². The number of hydrogen-bond acceptors (Lipinski definition) is 3. The number of Topliss-reactive ketones (excluding diaryl/α,β-unsaturated/α-hetero) is 1. The fourth-order valence-corrected chi connectivity index (χ4v) is 2.63. The Balaban J connectivity index is 2.79. The number of likely N-dealkylation sites (N-methyl/N-ethyl adjacent to an activating group) is 2. The van der Waals surface area contributed by atoms with Gasteiger partial charge in [-0.15, -0.1) is 0 Å². The number of aryl methyl sites for hydroxylation is 1. The van der Waals surface area contributed by atoms with E-state index in [2.05, 4.69) is 42.3 Å². The van der Waals surface area contributed by atoms with Gasteiger partial charge in [-0.05, 0) is 47.5 Å². The van der Waals surface area contributed by atoms with Crippen molar-refractivity contribution in [2.75, 3.05) is 33.7 Å². The zero-order valence-electron chi connectivity index (χ0n) is 14.0. The highest BCUT2D eigenvalue weighted by molar-refractivity contribution is 5.99.